The lowest BCUT2D eigenvalue weighted by molar-refractivity contribution is 0.0554. The second-order valence-corrected chi connectivity index (χ2v) is 7.88. The van der Waals surface area contributed by atoms with Gasteiger partial charge in [-0.05, 0) is 62.8 Å². The molecule has 2 atom stereocenters. The molecule has 0 spiro atoms. The number of carbonyl (C=O) groups excluding carboxylic acids is 1. The van der Waals surface area contributed by atoms with Gasteiger partial charge in [-0.1, -0.05) is 0 Å². The lowest BCUT2D eigenvalue weighted by Gasteiger charge is -2.38. The minimum absolute atomic E-state index is 0.0184. The standard InChI is InChI=1S/C22H20O5/c1-11-8-17-14(9-15(11)23)19-18(10-25-17)26-21-12-6-7-22(2,3)27-16(12)5-4-13(21)20(19)24/h4-9,18-19,23H,10H2,1-3H3/t18-,19+/m1/s1. The summed E-state index contributed by atoms with van der Waals surface area (Å²) in [6.45, 7) is 6.05. The number of aryl methyl sites for hydroxylation is 1. The Morgan fingerprint density at radius 3 is 2.81 bits per heavy atom. The van der Waals surface area contributed by atoms with Gasteiger partial charge in [-0.25, -0.2) is 0 Å². The van der Waals surface area contributed by atoms with Crippen molar-refractivity contribution >= 4 is 11.9 Å². The first kappa shape index (κ1) is 16.2. The van der Waals surface area contributed by atoms with Crippen LogP contribution in [0.4, 0.5) is 0 Å². The Balaban J connectivity index is 1.63. The number of benzene rings is 2. The molecule has 3 aliphatic rings. The number of fused-ring (bicyclic) bond motifs is 6. The molecule has 0 unspecified atom stereocenters. The molecule has 27 heavy (non-hydrogen) atoms. The molecule has 2 aromatic carbocycles. The molecule has 0 radical (unpaired) electrons. The van der Waals surface area contributed by atoms with Crippen LogP contribution in [-0.2, 0) is 0 Å². The van der Waals surface area contributed by atoms with Crippen LogP contribution in [0.15, 0.2) is 30.3 Å². The molecule has 138 valence electrons. The normalized spacial score (nSPS) is 23.7. The second kappa shape index (κ2) is 5.28. The third kappa shape index (κ3) is 2.34. The number of carbonyl (C=O) groups is 1. The zero-order chi connectivity index (χ0) is 18.9. The van der Waals surface area contributed by atoms with E-state index in [1.54, 1.807) is 25.1 Å². The lowest BCUT2D eigenvalue weighted by atomic mass is 9.81. The summed E-state index contributed by atoms with van der Waals surface area (Å²) < 4.78 is 18.1. The average molecular weight is 364 g/mol. The first-order valence-corrected chi connectivity index (χ1v) is 9.06. The van der Waals surface area contributed by atoms with E-state index in [1.165, 1.54) is 0 Å². The van der Waals surface area contributed by atoms with E-state index in [4.69, 9.17) is 14.2 Å². The predicted octanol–water partition coefficient (Wildman–Crippen LogP) is 4.00. The van der Waals surface area contributed by atoms with Crippen molar-refractivity contribution in [3.05, 3.63) is 52.6 Å². The topological polar surface area (TPSA) is 65.0 Å². The Morgan fingerprint density at radius 1 is 1.19 bits per heavy atom. The van der Waals surface area contributed by atoms with Gasteiger partial charge in [0.05, 0.1) is 17.0 Å². The van der Waals surface area contributed by atoms with Crippen LogP contribution in [0.3, 0.4) is 0 Å². The highest BCUT2D eigenvalue weighted by molar-refractivity contribution is 6.06. The monoisotopic (exact) mass is 364 g/mol. The lowest BCUT2D eigenvalue weighted by Crippen LogP contribution is -2.43. The van der Waals surface area contributed by atoms with Gasteiger partial charge >= 0.3 is 0 Å². The van der Waals surface area contributed by atoms with Crippen LogP contribution in [0.25, 0.3) is 6.08 Å². The molecule has 5 nitrogen and oxygen atoms in total. The van der Waals surface area contributed by atoms with E-state index >= 15 is 0 Å². The van der Waals surface area contributed by atoms with Crippen LogP contribution < -0.4 is 14.2 Å². The molecule has 1 N–H and O–H groups in total. The maximum Gasteiger partial charge on any atom is 0.178 e. The van der Waals surface area contributed by atoms with Crippen LogP contribution in [0.1, 0.15) is 46.8 Å². The summed E-state index contributed by atoms with van der Waals surface area (Å²) in [5.41, 5.74) is 2.32. The summed E-state index contributed by atoms with van der Waals surface area (Å²) in [4.78, 5) is 13.3. The van der Waals surface area contributed by atoms with Crippen molar-refractivity contribution in [1.82, 2.24) is 0 Å². The molecule has 0 aliphatic carbocycles. The zero-order valence-corrected chi connectivity index (χ0v) is 15.4. The van der Waals surface area contributed by atoms with E-state index in [9.17, 15) is 9.90 Å². The Labute approximate surface area is 157 Å². The maximum atomic E-state index is 13.3. The highest BCUT2D eigenvalue weighted by Gasteiger charge is 2.44. The first-order valence-electron chi connectivity index (χ1n) is 9.06. The van der Waals surface area contributed by atoms with Gasteiger partial charge in [0.1, 0.15) is 41.3 Å². The van der Waals surface area contributed by atoms with E-state index in [0.717, 1.165) is 11.1 Å². The van der Waals surface area contributed by atoms with Gasteiger partial charge in [0, 0.05) is 5.56 Å². The third-order valence-electron chi connectivity index (χ3n) is 5.44. The second-order valence-electron chi connectivity index (χ2n) is 7.88. The number of rotatable bonds is 0. The maximum absolute atomic E-state index is 13.3. The van der Waals surface area contributed by atoms with Crippen LogP contribution in [-0.4, -0.2) is 29.2 Å². The van der Waals surface area contributed by atoms with Crippen LogP contribution in [0.2, 0.25) is 0 Å². The summed E-state index contributed by atoms with van der Waals surface area (Å²) in [6, 6.07) is 6.99. The molecule has 0 amide bonds. The molecule has 0 bridgehead atoms. The Morgan fingerprint density at radius 2 is 2.00 bits per heavy atom. The number of hydrogen-bond acceptors (Lipinski definition) is 5. The fourth-order valence-corrected chi connectivity index (χ4v) is 4.00. The van der Waals surface area contributed by atoms with Gasteiger partial charge < -0.3 is 19.3 Å². The molecule has 0 saturated carbocycles. The van der Waals surface area contributed by atoms with Crippen LogP contribution in [0.5, 0.6) is 23.0 Å². The smallest absolute Gasteiger partial charge is 0.178 e. The molecule has 2 aromatic rings. The van der Waals surface area contributed by atoms with Gasteiger partial charge in [-0.3, -0.25) is 4.79 Å². The molecule has 5 heteroatoms. The zero-order valence-electron chi connectivity index (χ0n) is 15.4. The van der Waals surface area contributed by atoms with Crippen LogP contribution >= 0.6 is 0 Å². The number of phenols is 1. The summed E-state index contributed by atoms with van der Waals surface area (Å²) in [6.07, 6.45) is 3.48. The molecule has 0 saturated heterocycles. The molecule has 0 fully saturated rings. The average Bonchev–Trinajstić information content (AvgIpc) is 2.61. The van der Waals surface area contributed by atoms with Gasteiger partial charge in [0.2, 0.25) is 0 Å². The van der Waals surface area contributed by atoms with Gasteiger partial charge in [0.15, 0.2) is 5.78 Å². The third-order valence-corrected chi connectivity index (χ3v) is 5.44. The van der Waals surface area contributed by atoms with E-state index < -0.39 is 17.6 Å². The summed E-state index contributed by atoms with van der Waals surface area (Å²) in [5, 5.41) is 10.1. The van der Waals surface area contributed by atoms with E-state index in [2.05, 4.69) is 0 Å². The summed E-state index contributed by atoms with van der Waals surface area (Å²) >= 11 is 0. The van der Waals surface area contributed by atoms with Crippen molar-refractivity contribution < 1.29 is 24.1 Å². The molecular weight excluding hydrogens is 344 g/mol. The van der Waals surface area contributed by atoms with Crippen LogP contribution in [0, 0.1) is 6.92 Å². The van der Waals surface area contributed by atoms with E-state index in [0.29, 0.717) is 28.4 Å². The summed E-state index contributed by atoms with van der Waals surface area (Å²) in [7, 11) is 0. The fraction of sp³-hybridized carbons (Fsp3) is 0.318. The van der Waals surface area contributed by atoms with Crippen molar-refractivity contribution in [2.75, 3.05) is 6.61 Å². The largest absolute Gasteiger partial charge is 0.508 e. The SMILES string of the molecule is Cc1cc2c(cc1O)[C@@H]1C(=O)c3ccc4c(c3O[C@@H]1CO2)C=CC(C)(C)O4. The minimum atomic E-state index is -0.490. The summed E-state index contributed by atoms with van der Waals surface area (Å²) in [5.74, 6) is 1.54. The molecule has 3 heterocycles. The van der Waals surface area contributed by atoms with Gasteiger partial charge in [-0.2, -0.15) is 0 Å². The molecule has 5 rings (SSSR count). The van der Waals surface area contributed by atoms with Gasteiger partial charge in [0.25, 0.3) is 0 Å². The fourth-order valence-electron chi connectivity index (χ4n) is 4.00. The highest BCUT2D eigenvalue weighted by Crippen LogP contribution is 2.48. The number of hydrogen-bond donors (Lipinski definition) is 1. The highest BCUT2D eigenvalue weighted by atomic mass is 16.5. The Hall–Kier alpha value is -2.95. The number of aromatic hydroxyl groups is 1. The number of ether oxygens (including phenoxy) is 3. The van der Waals surface area contributed by atoms with E-state index in [-0.39, 0.29) is 18.1 Å². The first-order chi connectivity index (χ1) is 12.8. The molecule has 3 aliphatic heterocycles. The quantitative estimate of drug-likeness (QED) is 0.765. The number of phenolic OH excluding ortho intramolecular Hbond substituents is 1. The Kier molecular flexibility index (Phi) is 3.18. The van der Waals surface area contributed by atoms with Gasteiger partial charge in [-0.15, -0.1) is 0 Å². The van der Waals surface area contributed by atoms with Crippen molar-refractivity contribution in [3.8, 4) is 23.0 Å². The number of ketones is 1. The molecular formula is C22H20O5. The van der Waals surface area contributed by atoms with Crippen molar-refractivity contribution in [3.63, 3.8) is 0 Å². The number of Topliss-reactive ketones (excluding diaryl/α,β-unsaturated/α-hetero) is 1. The molecule has 0 aromatic heterocycles. The predicted molar refractivity (Wildman–Crippen MR) is 100 cm³/mol. The van der Waals surface area contributed by atoms with Crippen molar-refractivity contribution in [2.24, 2.45) is 0 Å². The minimum Gasteiger partial charge on any atom is -0.508 e. The van der Waals surface area contributed by atoms with E-state index in [1.807, 2.05) is 32.1 Å². The Bertz CT molecular complexity index is 1020. The van der Waals surface area contributed by atoms with Crippen molar-refractivity contribution in [1.29, 1.82) is 0 Å². The van der Waals surface area contributed by atoms with Crippen molar-refractivity contribution in [2.45, 2.75) is 38.4 Å².